The first-order valence-corrected chi connectivity index (χ1v) is 25.2. The van der Waals surface area contributed by atoms with Gasteiger partial charge in [-0.1, -0.05) is 170 Å². The second-order valence-electron chi connectivity index (χ2n) is 19.0. The number of aromatic nitrogens is 4. The molecular formula is C70H46N4. The summed E-state index contributed by atoms with van der Waals surface area (Å²) in [7, 11) is 0. The summed E-state index contributed by atoms with van der Waals surface area (Å²) in [6.45, 7) is 0. The van der Waals surface area contributed by atoms with Crippen LogP contribution in [0.5, 0.6) is 0 Å². The number of nitrogens with zero attached hydrogens (tertiary/aromatic N) is 4. The van der Waals surface area contributed by atoms with Gasteiger partial charge in [0.05, 0.1) is 22.1 Å². The first-order valence-electron chi connectivity index (χ1n) is 25.2. The molecule has 0 fully saturated rings. The molecule has 0 saturated carbocycles. The predicted octanol–water partition coefficient (Wildman–Crippen LogP) is 18.3. The second-order valence-corrected chi connectivity index (χ2v) is 19.0. The van der Waals surface area contributed by atoms with Crippen molar-refractivity contribution in [2.75, 3.05) is 0 Å². The van der Waals surface area contributed by atoms with E-state index in [1.165, 1.54) is 88.1 Å². The Kier molecular flexibility index (Phi) is 10.5. The molecular weight excluding hydrogens is 897 g/mol. The molecule has 74 heavy (non-hydrogen) atoms. The van der Waals surface area contributed by atoms with E-state index in [2.05, 4.69) is 274 Å². The quantitative estimate of drug-likeness (QED) is 0.145. The minimum atomic E-state index is 1.03. The van der Waals surface area contributed by atoms with Gasteiger partial charge in [-0.2, -0.15) is 0 Å². The second kappa shape index (κ2) is 18.1. The van der Waals surface area contributed by atoms with Crippen LogP contribution < -0.4 is 0 Å². The zero-order chi connectivity index (χ0) is 49.0. The van der Waals surface area contributed by atoms with Gasteiger partial charge in [0.2, 0.25) is 0 Å². The molecule has 0 amide bonds. The van der Waals surface area contributed by atoms with Crippen molar-refractivity contribution >= 4 is 43.6 Å². The molecule has 4 heteroatoms. The number of hydrogen-bond donors (Lipinski definition) is 0. The molecule has 346 valence electrons. The number of hydrogen-bond acceptors (Lipinski definition) is 2. The molecule has 10 aromatic carbocycles. The van der Waals surface area contributed by atoms with Gasteiger partial charge in [-0.3, -0.25) is 9.97 Å². The standard InChI is InChI=1S/C70H46N4/c1-5-13-47(14-6-1)53-25-33-67-61(41-53)62-42-54(48-15-7-2-8-16-48)26-34-68(62)73(67)57-29-21-51(22-30-57)59-37-39-71-45-65(59)66-46-72-40-38-60(66)52-23-31-58(32-24-52)74-69-35-27-55(49-17-9-3-10-18-49)43-63(69)64-44-56(28-36-70(64)74)50-19-11-4-12-20-50/h1-46H. The maximum absolute atomic E-state index is 4.69. The predicted molar refractivity (Wildman–Crippen MR) is 309 cm³/mol. The van der Waals surface area contributed by atoms with Crippen LogP contribution in [0.25, 0.3) is 133 Å². The van der Waals surface area contributed by atoms with Crippen molar-refractivity contribution in [1.82, 2.24) is 19.1 Å². The maximum atomic E-state index is 4.69. The van der Waals surface area contributed by atoms with E-state index in [9.17, 15) is 0 Å². The summed E-state index contributed by atoms with van der Waals surface area (Å²) in [5, 5.41) is 4.90. The summed E-state index contributed by atoms with van der Waals surface area (Å²) in [5.41, 5.74) is 22.9. The first kappa shape index (κ1) is 42.9. The molecule has 0 spiro atoms. The first-order chi connectivity index (χ1) is 36.7. The monoisotopic (exact) mass is 942 g/mol. The molecule has 0 radical (unpaired) electrons. The molecule has 0 N–H and O–H groups in total. The van der Waals surface area contributed by atoms with Gasteiger partial charge in [0.15, 0.2) is 0 Å². The van der Waals surface area contributed by atoms with E-state index in [-0.39, 0.29) is 0 Å². The van der Waals surface area contributed by atoms with Crippen molar-refractivity contribution in [2.45, 2.75) is 0 Å². The number of rotatable bonds is 9. The van der Waals surface area contributed by atoms with Gasteiger partial charge >= 0.3 is 0 Å². The molecule has 4 nitrogen and oxygen atoms in total. The van der Waals surface area contributed by atoms with Crippen LogP contribution in [0.3, 0.4) is 0 Å². The van der Waals surface area contributed by atoms with Crippen LogP contribution in [0.1, 0.15) is 0 Å². The number of pyridine rings is 2. The molecule has 0 bridgehead atoms. The lowest BCUT2D eigenvalue weighted by Gasteiger charge is -2.15. The summed E-state index contributed by atoms with van der Waals surface area (Å²) in [6, 6.07) is 92.3. The fourth-order valence-corrected chi connectivity index (χ4v) is 11.1. The molecule has 0 atom stereocenters. The van der Waals surface area contributed by atoms with E-state index in [4.69, 9.17) is 0 Å². The fraction of sp³-hybridized carbons (Fsp3) is 0. The van der Waals surface area contributed by atoms with E-state index in [1.807, 2.05) is 24.8 Å². The normalized spacial score (nSPS) is 11.5. The van der Waals surface area contributed by atoms with Crippen LogP contribution in [0, 0.1) is 0 Å². The Labute approximate surface area is 429 Å². The number of benzene rings is 10. The lowest BCUT2D eigenvalue weighted by molar-refractivity contribution is 1.18. The molecule has 0 aliphatic rings. The van der Waals surface area contributed by atoms with Gasteiger partial charge < -0.3 is 9.13 Å². The van der Waals surface area contributed by atoms with Gasteiger partial charge in [-0.05, 0) is 152 Å². The van der Waals surface area contributed by atoms with Crippen LogP contribution in [0.4, 0.5) is 0 Å². The van der Waals surface area contributed by atoms with Crippen molar-refractivity contribution in [1.29, 1.82) is 0 Å². The maximum Gasteiger partial charge on any atom is 0.0541 e. The molecule has 14 aromatic rings. The highest BCUT2D eigenvalue weighted by molar-refractivity contribution is 6.13. The van der Waals surface area contributed by atoms with Gasteiger partial charge in [-0.15, -0.1) is 0 Å². The van der Waals surface area contributed by atoms with Crippen molar-refractivity contribution in [3.63, 3.8) is 0 Å². The summed E-state index contributed by atoms with van der Waals surface area (Å²) in [4.78, 5) is 9.38. The van der Waals surface area contributed by atoms with Crippen LogP contribution in [-0.4, -0.2) is 19.1 Å². The third-order valence-corrected chi connectivity index (χ3v) is 14.8. The van der Waals surface area contributed by atoms with E-state index in [0.717, 1.165) is 44.8 Å². The van der Waals surface area contributed by atoms with Crippen molar-refractivity contribution < 1.29 is 0 Å². The fourth-order valence-electron chi connectivity index (χ4n) is 11.1. The summed E-state index contributed by atoms with van der Waals surface area (Å²) in [6.07, 6.45) is 7.73. The van der Waals surface area contributed by atoms with Gasteiger partial charge in [0, 0.05) is 68.8 Å². The number of fused-ring (bicyclic) bond motifs is 6. The molecule has 0 aliphatic heterocycles. The average Bonchev–Trinajstić information content (AvgIpc) is 4.02. The lowest BCUT2D eigenvalue weighted by Crippen LogP contribution is -1.96. The Balaban J connectivity index is 0.829. The van der Waals surface area contributed by atoms with Crippen molar-refractivity contribution in [3.8, 4) is 89.3 Å². The third kappa shape index (κ3) is 7.48. The summed E-state index contributed by atoms with van der Waals surface area (Å²) in [5.74, 6) is 0. The lowest BCUT2D eigenvalue weighted by atomic mass is 9.92. The molecule has 4 aromatic heterocycles. The van der Waals surface area contributed by atoms with Gasteiger partial charge in [0.25, 0.3) is 0 Å². The molecule has 0 unspecified atom stereocenters. The zero-order valence-electron chi connectivity index (χ0n) is 40.3. The molecule has 0 saturated heterocycles. The van der Waals surface area contributed by atoms with Gasteiger partial charge in [0.1, 0.15) is 0 Å². The summed E-state index contributed by atoms with van der Waals surface area (Å²) >= 11 is 0. The van der Waals surface area contributed by atoms with Crippen LogP contribution in [0.2, 0.25) is 0 Å². The van der Waals surface area contributed by atoms with Crippen LogP contribution in [-0.2, 0) is 0 Å². The van der Waals surface area contributed by atoms with Crippen molar-refractivity contribution in [3.05, 3.63) is 280 Å². The van der Waals surface area contributed by atoms with Crippen LogP contribution >= 0.6 is 0 Å². The molecule has 4 heterocycles. The average molecular weight is 943 g/mol. The summed E-state index contributed by atoms with van der Waals surface area (Å²) < 4.78 is 4.80. The Hall–Kier alpha value is -9.90. The SMILES string of the molecule is c1ccc(-c2ccc3c(c2)c2cc(-c4ccccc4)ccc2n3-c2ccc(-c3ccncc3-c3cnccc3-c3ccc(-n4c5ccc(-c6ccccc6)cc5c5cc(-c6ccccc6)ccc54)cc3)cc2)cc1. The molecule has 14 rings (SSSR count). The van der Waals surface area contributed by atoms with E-state index >= 15 is 0 Å². The van der Waals surface area contributed by atoms with E-state index < -0.39 is 0 Å². The Morgan fingerprint density at radius 2 is 0.486 bits per heavy atom. The largest absolute Gasteiger partial charge is 0.309 e. The smallest absolute Gasteiger partial charge is 0.0541 e. The Bertz CT molecular complexity index is 3890. The topological polar surface area (TPSA) is 35.6 Å². The Morgan fingerprint density at radius 1 is 0.216 bits per heavy atom. The minimum absolute atomic E-state index is 1.03. The molecule has 0 aliphatic carbocycles. The van der Waals surface area contributed by atoms with Crippen LogP contribution in [0.15, 0.2) is 280 Å². The van der Waals surface area contributed by atoms with E-state index in [1.54, 1.807) is 0 Å². The van der Waals surface area contributed by atoms with Gasteiger partial charge in [-0.25, -0.2) is 0 Å². The zero-order valence-corrected chi connectivity index (χ0v) is 40.3. The highest BCUT2D eigenvalue weighted by atomic mass is 15.0. The third-order valence-electron chi connectivity index (χ3n) is 14.8. The Morgan fingerprint density at radius 3 is 0.770 bits per heavy atom. The highest BCUT2D eigenvalue weighted by Gasteiger charge is 2.19. The van der Waals surface area contributed by atoms with Crippen molar-refractivity contribution in [2.24, 2.45) is 0 Å². The van der Waals surface area contributed by atoms with E-state index in [0.29, 0.717) is 0 Å². The highest BCUT2D eigenvalue weighted by Crippen LogP contribution is 2.42. The minimum Gasteiger partial charge on any atom is -0.309 e.